The summed E-state index contributed by atoms with van der Waals surface area (Å²) in [5, 5.41) is 19.1. The second-order valence-electron chi connectivity index (χ2n) is 4.84. The lowest BCUT2D eigenvalue weighted by atomic mass is 9.99. The number of nitrogens with zero attached hydrogens (tertiary/aromatic N) is 2. The largest absolute Gasteiger partial charge is 0.494 e. The molecular weight excluding hydrogens is 314 g/mol. The number of aromatic amines is 2. The molecule has 3 rings (SSSR count). The highest BCUT2D eigenvalue weighted by Gasteiger charge is 2.29. The van der Waals surface area contributed by atoms with Crippen molar-refractivity contribution in [1.82, 2.24) is 9.97 Å². The lowest BCUT2D eigenvalue weighted by molar-refractivity contribution is -0.114. The molecule has 2 aromatic rings. The number of fused-ring (bicyclic) bond motifs is 1. The SMILES string of the molecule is N#CC(C(N)=O)=C1N=C(c2c(O)[nH]c(=O)[nH]c2=O)c2ccccc21. The Kier molecular flexibility index (Phi) is 3.35. The normalized spacial score (nSPS) is 14.5. The maximum atomic E-state index is 12.0. The van der Waals surface area contributed by atoms with Crippen molar-refractivity contribution in [2.24, 2.45) is 10.7 Å². The molecule has 24 heavy (non-hydrogen) atoms. The van der Waals surface area contributed by atoms with Crippen LogP contribution < -0.4 is 17.0 Å². The van der Waals surface area contributed by atoms with E-state index in [9.17, 15) is 19.5 Å². The number of hydrogen-bond donors (Lipinski definition) is 4. The molecule has 1 aliphatic heterocycles. The number of aliphatic imine (C=N–C) groups is 1. The number of nitriles is 1. The van der Waals surface area contributed by atoms with E-state index in [1.807, 2.05) is 4.98 Å². The first-order chi connectivity index (χ1) is 11.4. The lowest BCUT2D eigenvalue weighted by Gasteiger charge is -2.04. The van der Waals surface area contributed by atoms with Crippen LogP contribution in [-0.2, 0) is 4.79 Å². The van der Waals surface area contributed by atoms with Crippen molar-refractivity contribution >= 4 is 17.3 Å². The summed E-state index contributed by atoms with van der Waals surface area (Å²) in [6.07, 6.45) is 0. The minimum absolute atomic E-state index is 0.000556. The molecule has 5 N–H and O–H groups in total. The monoisotopic (exact) mass is 323 g/mol. The van der Waals surface area contributed by atoms with Crippen molar-refractivity contribution in [2.45, 2.75) is 0 Å². The van der Waals surface area contributed by atoms with E-state index in [0.29, 0.717) is 11.1 Å². The number of carbonyl (C=O) groups excluding carboxylic acids is 1. The Morgan fingerprint density at radius 1 is 1.21 bits per heavy atom. The van der Waals surface area contributed by atoms with Gasteiger partial charge in [0.05, 0.1) is 11.4 Å². The van der Waals surface area contributed by atoms with Gasteiger partial charge in [-0.3, -0.25) is 19.6 Å². The Balaban J connectivity index is 2.40. The summed E-state index contributed by atoms with van der Waals surface area (Å²) in [4.78, 5) is 42.9. The number of rotatable bonds is 2. The quantitative estimate of drug-likeness (QED) is 0.424. The molecule has 1 amide bonds. The molecule has 0 atom stereocenters. The first kappa shape index (κ1) is 15.0. The maximum absolute atomic E-state index is 12.0. The van der Waals surface area contributed by atoms with Crippen LogP contribution >= 0.6 is 0 Å². The molecule has 0 unspecified atom stereocenters. The van der Waals surface area contributed by atoms with Gasteiger partial charge in [-0.25, -0.2) is 9.79 Å². The van der Waals surface area contributed by atoms with Gasteiger partial charge in [-0.15, -0.1) is 0 Å². The van der Waals surface area contributed by atoms with Crippen molar-refractivity contribution < 1.29 is 9.90 Å². The molecule has 1 aromatic heterocycles. The van der Waals surface area contributed by atoms with Gasteiger partial charge < -0.3 is 10.8 Å². The molecule has 1 aromatic carbocycles. The maximum Gasteiger partial charge on any atom is 0.328 e. The summed E-state index contributed by atoms with van der Waals surface area (Å²) in [7, 11) is 0. The first-order valence-electron chi connectivity index (χ1n) is 6.62. The molecule has 0 saturated heterocycles. The zero-order chi connectivity index (χ0) is 17.4. The number of nitrogens with two attached hydrogens (primary N) is 1. The van der Waals surface area contributed by atoms with E-state index in [1.165, 1.54) is 0 Å². The Morgan fingerprint density at radius 3 is 2.46 bits per heavy atom. The molecule has 1 aliphatic rings. The topological polar surface area (TPSA) is 165 Å². The number of aromatic nitrogens is 2. The van der Waals surface area contributed by atoms with Crippen LogP contribution in [0.2, 0.25) is 0 Å². The van der Waals surface area contributed by atoms with Crippen molar-refractivity contribution in [3.05, 3.63) is 67.4 Å². The molecule has 0 saturated carbocycles. The van der Waals surface area contributed by atoms with E-state index in [-0.39, 0.29) is 22.5 Å². The van der Waals surface area contributed by atoms with Crippen molar-refractivity contribution in [1.29, 1.82) is 5.26 Å². The minimum atomic E-state index is -0.966. The average Bonchev–Trinajstić information content (AvgIpc) is 2.86. The van der Waals surface area contributed by atoms with E-state index in [2.05, 4.69) is 9.98 Å². The molecular formula is C15H9N5O4. The lowest BCUT2D eigenvalue weighted by Crippen LogP contribution is -2.27. The zero-order valence-electron chi connectivity index (χ0n) is 12.0. The van der Waals surface area contributed by atoms with Crippen LogP contribution in [0.5, 0.6) is 5.88 Å². The third kappa shape index (κ3) is 2.19. The van der Waals surface area contributed by atoms with Gasteiger partial charge in [-0.2, -0.15) is 5.26 Å². The van der Waals surface area contributed by atoms with Crippen LogP contribution in [-0.4, -0.2) is 26.7 Å². The van der Waals surface area contributed by atoms with Gasteiger partial charge in [0.1, 0.15) is 17.2 Å². The van der Waals surface area contributed by atoms with Gasteiger partial charge >= 0.3 is 5.69 Å². The van der Waals surface area contributed by atoms with E-state index in [4.69, 9.17) is 11.0 Å². The van der Waals surface area contributed by atoms with Crippen LogP contribution in [0.1, 0.15) is 16.7 Å². The highest BCUT2D eigenvalue weighted by atomic mass is 16.3. The predicted molar refractivity (Wildman–Crippen MR) is 83.2 cm³/mol. The number of amides is 1. The fourth-order valence-electron chi connectivity index (χ4n) is 2.43. The number of H-pyrrole nitrogens is 2. The van der Waals surface area contributed by atoms with Crippen molar-refractivity contribution in [2.75, 3.05) is 0 Å². The van der Waals surface area contributed by atoms with Gasteiger partial charge in [0.25, 0.3) is 11.5 Å². The number of primary amides is 1. The van der Waals surface area contributed by atoms with E-state index < -0.39 is 23.0 Å². The van der Waals surface area contributed by atoms with Crippen LogP contribution in [0.3, 0.4) is 0 Å². The first-order valence-corrected chi connectivity index (χ1v) is 6.62. The van der Waals surface area contributed by atoms with Gasteiger partial charge in [0, 0.05) is 11.1 Å². The predicted octanol–water partition coefficient (Wildman–Crippen LogP) is -0.660. The van der Waals surface area contributed by atoms with Crippen LogP contribution in [0.4, 0.5) is 0 Å². The molecule has 9 heteroatoms. The van der Waals surface area contributed by atoms with Crippen LogP contribution in [0, 0.1) is 11.3 Å². The summed E-state index contributed by atoms with van der Waals surface area (Å²) in [6, 6.07) is 8.19. The third-order valence-electron chi connectivity index (χ3n) is 3.42. The second kappa shape index (κ2) is 5.36. The number of carbonyl (C=O) groups is 1. The molecule has 0 radical (unpaired) electrons. The summed E-state index contributed by atoms with van der Waals surface area (Å²) < 4.78 is 0. The van der Waals surface area contributed by atoms with Crippen LogP contribution in [0.15, 0.2) is 44.4 Å². The number of aromatic hydroxyl groups is 1. The molecule has 0 fully saturated rings. The van der Waals surface area contributed by atoms with Crippen molar-refractivity contribution in [3.8, 4) is 11.9 Å². The Labute approximate surface area is 133 Å². The van der Waals surface area contributed by atoms with Crippen LogP contribution in [0.25, 0.3) is 5.70 Å². The van der Waals surface area contributed by atoms with E-state index in [0.717, 1.165) is 0 Å². The highest BCUT2D eigenvalue weighted by Crippen LogP contribution is 2.33. The standard InChI is InChI=1S/C15H9N5O4/c16-5-8(12(17)21)10-6-3-1-2-4-7(6)11(18-10)9-13(22)19-15(24)20-14(9)23/h1-4H,(H2,17,21)(H3,19,20,22,23,24). The molecule has 2 heterocycles. The summed E-state index contributed by atoms with van der Waals surface area (Å²) in [6.45, 7) is 0. The molecule has 9 nitrogen and oxygen atoms in total. The van der Waals surface area contributed by atoms with Crippen molar-refractivity contribution in [3.63, 3.8) is 0 Å². The minimum Gasteiger partial charge on any atom is -0.494 e. The summed E-state index contributed by atoms with van der Waals surface area (Å²) in [5.74, 6) is -1.64. The fraction of sp³-hybridized carbons (Fsp3) is 0. The van der Waals surface area contributed by atoms with E-state index in [1.54, 1.807) is 30.3 Å². The Morgan fingerprint density at radius 2 is 1.88 bits per heavy atom. The number of nitrogens with one attached hydrogen (secondary N) is 2. The van der Waals surface area contributed by atoms with Gasteiger partial charge in [0.15, 0.2) is 0 Å². The van der Waals surface area contributed by atoms with Gasteiger partial charge in [0.2, 0.25) is 5.88 Å². The third-order valence-corrected chi connectivity index (χ3v) is 3.42. The Hall–Kier alpha value is -3.93. The summed E-state index contributed by atoms with van der Waals surface area (Å²) >= 11 is 0. The smallest absolute Gasteiger partial charge is 0.328 e. The number of hydrogen-bond acceptors (Lipinski definition) is 6. The molecule has 0 spiro atoms. The fourth-order valence-corrected chi connectivity index (χ4v) is 2.43. The zero-order valence-corrected chi connectivity index (χ0v) is 12.0. The Bertz CT molecular complexity index is 1100. The molecule has 0 aliphatic carbocycles. The highest BCUT2D eigenvalue weighted by molar-refractivity contribution is 6.23. The molecule has 118 valence electrons. The summed E-state index contributed by atoms with van der Waals surface area (Å²) in [5.41, 5.74) is 3.64. The number of benzene rings is 1. The van der Waals surface area contributed by atoms with Gasteiger partial charge in [-0.05, 0) is 0 Å². The molecule has 0 bridgehead atoms. The van der Waals surface area contributed by atoms with E-state index >= 15 is 0 Å². The second-order valence-corrected chi connectivity index (χ2v) is 4.84. The average molecular weight is 323 g/mol. The van der Waals surface area contributed by atoms with Gasteiger partial charge in [-0.1, -0.05) is 24.3 Å².